The lowest BCUT2D eigenvalue weighted by molar-refractivity contribution is 0.437. The minimum Gasteiger partial charge on any atom is -0.0888 e. The van der Waals surface area contributed by atoms with Gasteiger partial charge in [-0.25, -0.2) is 0 Å². The van der Waals surface area contributed by atoms with E-state index in [1.807, 2.05) is 0 Å². The molecule has 2 rings (SSSR count). The van der Waals surface area contributed by atoms with Crippen LogP contribution < -0.4 is 0 Å². The van der Waals surface area contributed by atoms with Gasteiger partial charge in [0.05, 0.1) is 0 Å². The molecule has 0 aromatic rings. The predicted octanol–water partition coefficient (Wildman–Crippen LogP) is 5.67. The van der Waals surface area contributed by atoms with Crippen LogP contribution in [0.5, 0.6) is 0 Å². The SMILES string of the molecule is CC=C(CCCC=CCC)CC1CC2C=CC1C2. The predicted molar refractivity (Wildman–Crippen MR) is 80.5 cm³/mol. The molecule has 0 radical (unpaired) electrons. The number of allylic oxidation sites excluding steroid dienone is 6. The number of unbranched alkanes of at least 4 members (excludes halogenated alkanes) is 1. The van der Waals surface area contributed by atoms with Crippen molar-refractivity contribution in [2.75, 3.05) is 0 Å². The first-order valence-corrected chi connectivity index (χ1v) is 7.80. The number of rotatable bonds is 7. The van der Waals surface area contributed by atoms with Crippen LogP contribution in [0.25, 0.3) is 0 Å². The highest BCUT2D eigenvalue weighted by molar-refractivity contribution is 5.13. The van der Waals surface area contributed by atoms with Gasteiger partial charge in [0, 0.05) is 0 Å². The molecule has 100 valence electrons. The number of fused-ring (bicyclic) bond motifs is 2. The summed E-state index contributed by atoms with van der Waals surface area (Å²) in [6.45, 7) is 4.43. The second-order valence-corrected chi connectivity index (χ2v) is 5.96. The third-order valence-corrected chi connectivity index (χ3v) is 4.62. The fourth-order valence-electron chi connectivity index (χ4n) is 3.56. The van der Waals surface area contributed by atoms with Crippen LogP contribution in [-0.2, 0) is 0 Å². The van der Waals surface area contributed by atoms with Crippen molar-refractivity contribution in [2.45, 2.75) is 58.8 Å². The Bertz CT molecular complexity index is 332. The van der Waals surface area contributed by atoms with E-state index in [1.54, 1.807) is 5.57 Å². The van der Waals surface area contributed by atoms with Gasteiger partial charge in [-0.05, 0) is 69.6 Å². The summed E-state index contributed by atoms with van der Waals surface area (Å²) in [4.78, 5) is 0. The first kappa shape index (κ1) is 13.6. The monoisotopic (exact) mass is 244 g/mol. The van der Waals surface area contributed by atoms with Gasteiger partial charge in [0.15, 0.2) is 0 Å². The summed E-state index contributed by atoms with van der Waals surface area (Å²) in [5.74, 6) is 2.79. The van der Waals surface area contributed by atoms with Crippen LogP contribution in [0.4, 0.5) is 0 Å². The van der Waals surface area contributed by atoms with E-state index < -0.39 is 0 Å². The molecule has 2 bridgehead atoms. The summed E-state index contributed by atoms with van der Waals surface area (Å²) in [6, 6.07) is 0. The maximum atomic E-state index is 2.48. The first-order chi connectivity index (χ1) is 8.83. The Morgan fingerprint density at radius 1 is 1.22 bits per heavy atom. The highest BCUT2D eigenvalue weighted by atomic mass is 14.4. The largest absolute Gasteiger partial charge is 0.0888 e. The van der Waals surface area contributed by atoms with Gasteiger partial charge in [-0.1, -0.05) is 42.9 Å². The summed E-state index contributed by atoms with van der Waals surface area (Å²) in [5, 5.41) is 0. The quantitative estimate of drug-likeness (QED) is 0.400. The van der Waals surface area contributed by atoms with Gasteiger partial charge in [0.1, 0.15) is 0 Å². The van der Waals surface area contributed by atoms with E-state index in [-0.39, 0.29) is 0 Å². The van der Waals surface area contributed by atoms with Gasteiger partial charge in [0.25, 0.3) is 0 Å². The van der Waals surface area contributed by atoms with E-state index >= 15 is 0 Å². The van der Waals surface area contributed by atoms with Crippen LogP contribution >= 0.6 is 0 Å². The van der Waals surface area contributed by atoms with E-state index in [0.29, 0.717) is 0 Å². The molecule has 3 unspecified atom stereocenters. The Morgan fingerprint density at radius 3 is 2.72 bits per heavy atom. The fourth-order valence-corrected chi connectivity index (χ4v) is 3.56. The third kappa shape index (κ3) is 3.60. The summed E-state index contributed by atoms with van der Waals surface area (Å²) in [6.07, 6.45) is 21.3. The highest BCUT2D eigenvalue weighted by Gasteiger charge is 2.35. The molecular formula is C18H28. The Morgan fingerprint density at radius 2 is 2.11 bits per heavy atom. The van der Waals surface area contributed by atoms with Gasteiger partial charge in [-0.15, -0.1) is 0 Å². The number of hydrogen-bond acceptors (Lipinski definition) is 0. The first-order valence-electron chi connectivity index (χ1n) is 7.80. The third-order valence-electron chi connectivity index (χ3n) is 4.62. The molecule has 3 atom stereocenters. The molecule has 0 N–H and O–H groups in total. The topological polar surface area (TPSA) is 0 Å². The molecule has 18 heavy (non-hydrogen) atoms. The van der Waals surface area contributed by atoms with Crippen LogP contribution in [-0.4, -0.2) is 0 Å². The average molecular weight is 244 g/mol. The van der Waals surface area contributed by atoms with Crippen molar-refractivity contribution in [3.8, 4) is 0 Å². The standard InChI is InChI=1S/C18H28/c1-3-5-6-7-8-9-15(4-2)12-18-14-16-10-11-17(18)13-16/h4-6,10-11,16-18H,3,7-9,12-14H2,1-2H3. The normalized spacial score (nSPS) is 30.8. The minimum atomic E-state index is 0.907. The summed E-state index contributed by atoms with van der Waals surface area (Å²) < 4.78 is 0. The van der Waals surface area contributed by atoms with Crippen LogP contribution in [0, 0.1) is 17.8 Å². The van der Waals surface area contributed by atoms with Crippen LogP contribution in [0.1, 0.15) is 58.8 Å². The second-order valence-electron chi connectivity index (χ2n) is 5.96. The van der Waals surface area contributed by atoms with Crippen molar-refractivity contribution in [2.24, 2.45) is 17.8 Å². The Labute approximate surface area is 113 Å². The zero-order chi connectivity index (χ0) is 12.8. The summed E-state index contributed by atoms with van der Waals surface area (Å²) in [7, 11) is 0. The van der Waals surface area contributed by atoms with Crippen LogP contribution in [0.2, 0.25) is 0 Å². The lowest BCUT2D eigenvalue weighted by Gasteiger charge is -2.19. The van der Waals surface area contributed by atoms with Gasteiger partial charge in [-0.3, -0.25) is 0 Å². The van der Waals surface area contributed by atoms with E-state index in [4.69, 9.17) is 0 Å². The van der Waals surface area contributed by atoms with Crippen molar-refractivity contribution >= 4 is 0 Å². The van der Waals surface area contributed by atoms with Crippen molar-refractivity contribution < 1.29 is 0 Å². The molecule has 1 fully saturated rings. The van der Waals surface area contributed by atoms with Gasteiger partial charge in [0.2, 0.25) is 0 Å². The van der Waals surface area contributed by atoms with Crippen molar-refractivity contribution in [1.29, 1.82) is 0 Å². The molecule has 0 heteroatoms. The van der Waals surface area contributed by atoms with E-state index in [2.05, 4.69) is 44.2 Å². The summed E-state index contributed by atoms with van der Waals surface area (Å²) >= 11 is 0. The van der Waals surface area contributed by atoms with Crippen molar-refractivity contribution in [1.82, 2.24) is 0 Å². The lowest BCUT2D eigenvalue weighted by atomic mass is 9.86. The van der Waals surface area contributed by atoms with Gasteiger partial charge < -0.3 is 0 Å². The molecule has 1 saturated carbocycles. The molecule has 0 aliphatic heterocycles. The van der Waals surface area contributed by atoms with Gasteiger partial charge >= 0.3 is 0 Å². The Hall–Kier alpha value is -0.780. The van der Waals surface area contributed by atoms with E-state index in [9.17, 15) is 0 Å². The highest BCUT2D eigenvalue weighted by Crippen LogP contribution is 2.46. The molecule has 2 aliphatic rings. The maximum absolute atomic E-state index is 2.48. The smallest absolute Gasteiger partial charge is 0.0196 e. The van der Waals surface area contributed by atoms with Gasteiger partial charge in [-0.2, -0.15) is 0 Å². The molecule has 0 nitrogen and oxygen atoms in total. The van der Waals surface area contributed by atoms with Crippen molar-refractivity contribution in [3.05, 3.63) is 36.0 Å². The molecule has 0 amide bonds. The summed E-state index contributed by atoms with van der Waals surface area (Å²) in [5.41, 5.74) is 1.70. The molecule has 0 aromatic carbocycles. The average Bonchev–Trinajstić information content (AvgIpc) is 2.99. The van der Waals surface area contributed by atoms with Crippen LogP contribution in [0.3, 0.4) is 0 Å². The van der Waals surface area contributed by atoms with E-state index in [1.165, 1.54) is 44.9 Å². The lowest BCUT2D eigenvalue weighted by Crippen LogP contribution is -2.08. The maximum Gasteiger partial charge on any atom is -0.0196 e. The number of hydrogen-bond donors (Lipinski definition) is 0. The minimum absolute atomic E-state index is 0.907. The second kappa shape index (κ2) is 6.97. The molecule has 2 aliphatic carbocycles. The molecule has 0 aromatic heterocycles. The Balaban J connectivity index is 1.70. The van der Waals surface area contributed by atoms with Crippen molar-refractivity contribution in [3.63, 3.8) is 0 Å². The molecule has 0 heterocycles. The zero-order valence-electron chi connectivity index (χ0n) is 12.1. The molecule has 0 saturated heterocycles. The molecular weight excluding hydrogens is 216 g/mol. The van der Waals surface area contributed by atoms with E-state index in [0.717, 1.165) is 17.8 Å². The molecule has 0 spiro atoms. The Kier molecular flexibility index (Phi) is 5.28. The zero-order valence-corrected chi connectivity index (χ0v) is 12.1. The fraction of sp³-hybridized carbons (Fsp3) is 0.667. The van der Waals surface area contributed by atoms with Crippen LogP contribution in [0.15, 0.2) is 36.0 Å².